The highest BCUT2D eigenvalue weighted by molar-refractivity contribution is 5.10. The average molecular weight is 126 g/mol. The number of fused-ring (bicyclic) bond motifs is 1. The zero-order valence-electron chi connectivity index (χ0n) is 5.93. The maximum atomic E-state index is 8.97. The van der Waals surface area contributed by atoms with E-state index >= 15 is 0 Å². The number of aliphatic hydroxyl groups excluding tert-OH is 1. The minimum atomic E-state index is 0.359. The molecule has 0 radical (unpaired) electrons. The second-order valence-corrected chi connectivity index (χ2v) is 3.81. The van der Waals surface area contributed by atoms with E-state index in [4.69, 9.17) is 5.11 Å². The van der Waals surface area contributed by atoms with Crippen molar-refractivity contribution in [3.8, 4) is 0 Å². The van der Waals surface area contributed by atoms with Crippen LogP contribution in [0, 0.1) is 17.3 Å². The van der Waals surface area contributed by atoms with Gasteiger partial charge in [0.05, 0.1) is 0 Å². The van der Waals surface area contributed by atoms with Gasteiger partial charge in [-0.1, -0.05) is 13.3 Å². The molecule has 2 aliphatic rings. The van der Waals surface area contributed by atoms with Crippen molar-refractivity contribution in [2.75, 3.05) is 6.61 Å². The molecule has 0 aliphatic heterocycles. The Bertz CT molecular complexity index is 121. The Morgan fingerprint density at radius 3 is 2.33 bits per heavy atom. The summed E-state index contributed by atoms with van der Waals surface area (Å²) in [7, 11) is 0. The number of hydrogen-bond acceptors (Lipinski definition) is 1. The van der Waals surface area contributed by atoms with Crippen molar-refractivity contribution < 1.29 is 5.11 Å². The fraction of sp³-hybridized carbons (Fsp3) is 1.00. The molecule has 1 N–H and O–H groups in total. The lowest BCUT2D eigenvalue weighted by molar-refractivity contribution is 0.193. The molecule has 2 fully saturated rings. The highest BCUT2D eigenvalue weighted by atomic mass is 16.3. The molecule has 1 nitrogen and oxygen atoms in total. The number of rotatable bonds is 1. The van der Waals surface area contributed by atoms with Crippen molar-refractivity contribution in [1.29, 1.82) is 0 Å². The lowest BCUT2D eigenvalue weighted by atomic mass is 10.00. The van der Waals surface area contributed by atoms with Crippen molar-refractivity contribution in [2.45, 2.75) is 26.2 Å². The summed E-state index contributed by atoms with van der Waals surface area (Å²) < 4.78 is 0. The van der Waals surface area contributed by atoms with Gasteiger partial charge in [-0.05, 0) is 30.1 Å². The summed E-state index contributed by atoms with van der Waals surface area (Å²) in [4.78, 5) is 0. The summed E-state index contributed by atoms with van der Waals surface area (Å²) in [5.74, 6) is 1.78. The predicted octanol–water partition coefficient (Wildman–Crippen LogP) is 1.41. The largest absolute Gasteiger partial charge is 0.396 e. The van der Waals surface area contributed by atoms with Crippen LogP contribution in [0.3, 0.4) is 0 Å². The van der Waals surface area contributed by atoms with E-state index in [0.29, 0.717) is 12.0 Å². The van der Waals surface area contributed by atoms with Crippen LogP contribution in [0.4, 0.5) is 0 Å². The van der Waals surface area contributed by atoms with Gasteiger partial charge in [-0.2, -0.15) is 0 Å². The highest BCUT2D eigenvalue weighted by Gasteiger charge is 2.61. The summed E-state index contributed by atoms with van der Waals surface area (Å²) in [6, 6.07) is 0. The molecule has 0 aromatic heterocycles. The first-order chi connectivity index (χ1) is 4.29. The summed E-state index contributed by atoms with van der Waals surface area (Å²) in [5.41, 5.74) is 0.359. The highest BCUT2D eigenvalue weighted by Crippen LogP contribution is 2.66. The lowest BCUT2D eigenvalue weighted by Crippen LogP contribution is -2.07. The average Bonchev–Trinajstić information content (AvgIpc) is 2.39. The van der Waals surface area contributed by atoms with Crippen LogP contribution in [-0.4, -0.2) is 11.7 Å². The normalized spacial score (nSPS) is 55.3. The molecule has 0 amide bonds. The van der Waals surface area contributed by atoms with E-state index in [2.05, 4.69) is 6.92 Å². The van der Waals surface area contributed by atoms with Crippen LogP contribution in [-0.2, 0) is 0 Å². The van der Waals surface area contributed by atoms with E-state index in [1.54, 1.807) is 0 Å². The standard InChI is InChI=1S/C8H14O/c1-8(5-9)6-3-2-4-7(6)8/h6-7,9H,2-5H2,1H3/t6-,7+,8?. The van der Waals surface area contributed by atoms with E-state index in [0.717, 1.165) is 11.8 Å². The molecule has 1 unspecified atom stereocenters. The maximum Gasteiger partial charge on any atom is 0.0490 e. The second-order valence-electron chi connectivity index (χ2n) is 3.81. The van der Waals surface area contributed by atoms with Gasteiger partial charge in [-0.25, -0.2) is 0 Å². The SMILES string of the molecule is CC1(CO)[C@@H]2CCC[C@@H]21. The van der Waals surface area contributed by atoms with Gasteiger partial charge in [0, 0.05) is 6.61 Å². The fourth-order valence-electron chi connectivity index (χ4n) is 2.62. The Labute approximate surface area is 56.1 Å². The molecule has 9 heavy (non-hydrogen) atoms. The second kappa shape index (κ2) is 1.51. The number of hydrogen-bond donors (Lipinski definition) is 1. The van der Waals surface area contributed by atoms with Gasteiger partial charge >= 0.3 is 0 Å². The van der Waals surface area contributed by atoms with Gasteiger partial charge in [-0.15, -0.1) is 0 Å². The zero-order chi connectivity index (χ0) is 6.48. The van der Waals surface area contributed by atoms with Gasteiger partial charge in [-0.3, -0.25) is 0 Å². The molecule has 0 aromatic rings. The minimum absolute atomic E-state index is 0.359. The topological polar surface area (TPSA) is 20.2 Å². The van der Waals surface area contributed by atoms with Crippen molar-refractivity contribution in [1.82, 2.24) is 0 Å². The van der Waals surface area contributed by atoms with Crippen LogP contribution < -0.4 is 0 Å². The summed E-state index contributed by atoms with van der Waals surface area (Å²) in [6.45, 7) is 2.64. The Hall–Kier alpha value is -0.0400. The van der Waals surface area contributed by atoms with Crippen LogP contribution >= 0.6 is 0 Å². The molecule has 3 atom stereocenters. The third-order valence-corrected chi connectivity index (χ3v) is 3.44. The molecule has 0 spiro atoms. The Kier molecular flexibility index (Phi) is 0.963. The lowest BCUT2D eigenvalue weighted by Gasteiger charge is -2.09. The van der Waals surface area contributed by atoms with Crippen molar-refractivity contribution in [3.63, 3.8) is 0 Å². The molecule has 2 saturated carbocycles. The third-order valence-electron chi connectivity index (χ3n) is 3.44. The smallest absolute Gasteiger partial charge is 0.0490 e. The monoisotopic (exact) mass is 126 g/mol. The first kappa shape index (κ1) is 5.72. The van der Waals surface area contributed by atoms with Crippen LogP contribution in [0.1, 0.15) is 26.2 Å². The molecule has 2 rings (SSSR count). The van der Waals surface area contributed by atoms with Crippen LogP contribution in [0.15, 0.2) is 0 Å². The van der Waals surface area contributed by atoms with Gasteiger partial charge in [0.1, 0.15) is 0 Å². The van der Waals surface area contributed by atoms with E-state index in [-0.39, 0.29) is 0 Å². The molecule has 2 aliphatic carbocycles. The van der Waals surface area contributed by atoms with Gasteiger partial charge in [0.15, 0.2) is 0 Å². The van der Waals surface area contributed by atoms with Gasteiger partial charge < -0.3 is 5.11 Å². The predicted molar refractivity (Wildman–Crippen MR) is 36.0 cm³/mol. The van der Waals surface area contributed by atoms with Crippen molar-refractivity contribution >= 4 is 0 Å². The Morgan fingerprint density at radius 1 is 1.44 bits per heavy atom. The quantitative estimate of drug-likeness (QED) is 0.563. The summed E-state index contributed by atoms with van der Waals surface area (Å²) in [5, 5.41) is 8.97. The van der Waals surface area contributed by atoms with Crippen LogP contribution in [0.5, 0.6) is 0 Å². The third kappa shape index (κ3) is 0.536. The van der Waals surface area contributed by atoms with Gasteiger partial charge in [0.2, 0.25) is 0 Å². The summed E-state index contributed by atoms with van der Waals surface area (Å²) in [6.07, 6.45) is 4.16. The Balaban J connectivity index is 2.07. The molecule has 1 heteroatoms. The van der Waals surface area contributed by atoms with Gasteiger partial charge in [0.25, 0.3) is 0 Å². The van der Waals surface area contributed by atoms with E-state index in [1.165, 1.54) is 19.3 Å². The molecule has 0 bridgehead atoms. The van der Waals surface area contributed by atoms with Crippen LogP contribution in [0.2, 0.25) is 0 Å². The molecule has 0 aromatic carbocycles. The van der Waals surface area contributed by atoms with Crippen molar-refractivity contribution in [3.05, 3.63) is 0 Å². The molecule has 0 heterocycles. The summed E-state index contributed by atoms with van der Waals surface area (Å²) >= 11 is 0. The maximum absolute atomic E-state index is 8.97. The molecular formula is C8H14O. The van der Waals surface area contributed by atoms with Crippen LogP contribution in [0.25, 0.3) is 0 Å². The van der Waals surface area contributed by atoms with Crippen molar-refractivity contribution in [2.24, 2.45) is 17.3 Å². The first-order valence-corrected chi connectivity index (χ1v) is 3.90. The Morgan fingerprint density at radius 2 is 2.00 bits per heavy atom. The van der Waals surface area contributed by atoms with E-state index in [9.17, 15) is 0 Å². The zero-order valence-corrected chi connectivity index (χ0v) is 5.93. The van der Waals surface area contributed by atoms with E-state index < -0.39 is 0 Å². The fourth-order valence-corrected chi connectivity index (χ4v) is 2.62. The molecule has 52 valence electrons. The molecule has 0 saturated heterocycles. The first-order valence-electron chi connectivity index (χ1n) is 3.90. The van der Waals surface area contributed by atoms with E-state index in [1.807, 2.05) is 0 Å². The minimum Gasteiger partial charge on any atom is -0.396 e. The molecular weight excluding hydrogens is 112 g/mol. The number of aliphatic hydroxyl groups is 1.